The summed E-state index contributed by atoms with van der Waals surface area (Å²) in [5.74, 6) is -0.894. The summed E-state index contributed by atoms with van der Waals surface area (Å²) in [6, 6.07) is 30.6. The molecular weight excluding hydrogens is 460 g/mol. The van der Waals surface area contributed by atoms with E-state index in [4.69, 9.17) is 0 Å². The number of rotatable bonds is 9. The van der Waals surface area contributed by atoms with E-state index in [-0.39, 0.29) is 11.6 Å². The second-order valence-corrected chi connectivity index (χ2v) is 8.45. The molecule has 4 aromatic carbocycles. The van der Waals surface area contributed by atoms with E-state index in [0.717, 1.165) is 40.7 Å². The molecule has 4 rings (SSSR count). The third kappa shape index (κ3) is 6.70. The molecule has 186 valence electrons. The molecule has 0 saturated heterocycles. The fourth-order valence-corrected chi connectivity index (χ4v) is 3.99. The minimum Gasteiger partial charge on any atom is -0.372 e. The van der Waals surface area contributed by atoms with Gasteiger partial charge in [-0.25, -0.2) is 5.43 Å². The van der Waals surface area contributed by atoms with E-state index in [1.54, 1.807) is 36.6 Å². The Labute approximate surface area is 217 Å². The van der Waals surface area contributed by atoms with Crippen molar-refractivity contribution in [3.63, 3.8) is 0 Å². The van der Waals surface area contributed by atoms with Crippen molar-refractivity contribution in [3.05, 3.63) is 119 Å². The molecule has 0 atom stereocenters. The highest BCUT2D eigenvalue weighted by atomic mass is 16.2. The van der Waals surface area contributed by atoms with Crippen molar-refractivity contribution < 1.29 is 9.59 Å². The number of fused-ring (bicyclic) bond motifs is 1. The summed E-state index contributed by atoms with van der Waals surface area (Å²) in [4.78, 5) is 28.1. The zero-order valence-electron chi connectivity index (χ0n) is 21.0. The largest absolute Gasteiger partial charge is 0.372 e. The van der Waals surface area contributed by atoms with Crippen LogP contribution < -0.4 is 15.6 Å². The first kappa shape index (κ1) is 25.4. The van der Waals surface area contributed by atoms with Crippen LogP contribution in [0, 0.1) is 0 Å². The van der Waals surface area contributed by atoms with Gasteiger partial charge < -0.3 is 10.2 Å². The number of nitrogens with zero attached hydrogens (tertiary/aromatic N) is 2. The molecule has 0 unspecified atom stereocenters. The molecule has 37 heavy (non-hydrogen) atoms. The van der Waals surface area contributed by atoms with Crippen LogP contribution in [-0.2, 0) is 4.79 Å². The first-order valence-electron chi connectivity index (χ1n) is 12.3. The van der Waals surface area contributed by atoms with Crippen molar-refractivity contribution in [2.24, 2.45) is 5.10 Å². The number of hydrogen-bond donors (Lipinski definition) is 2. The standard InChI is InChI=1S/C31H30N4O2/c1-3-35(4-2)28-18-15-23(16-19-28)21-29(33-30(36)26-11-6-5-7-12-26)31(37)34-32-22-24-14-17-25-10-8-9-13-27(25)20-24/h5-22H,3-4H2,1-2H3,(H,33,36)(H,34,37). The van der Waals surface area contributed by atoms with Gasteiger partial charge in [0.15, 0.2) is 0 Å². The lowest BCUT2D eigenvalue weighted by molar-refractivity contribution is -0.117. The van der Waals surface area contributed by atoms with Crippen LogP contribution in [0.1, 0.15) is 35.3 Å². The fraction of sp³-hybridized carbons (Fsp3) is 0.129. The highest BCUT2D eigenvalue weighted by Crippen LogP contribution is 2.17. The van der Waals surface area contributed by atoms with Gasteiger partial charge in [-0.2, -0.15) is 5.10 Å². The molecule has 0 aliphatic rings. The number of hydrazone groups is 1. The maximum absolute atomic E-state index is 13.1. The second-order valence-electron chi connectivity index (χ2n) is 8.45. The summed E-state index contributed by atoms with van der Waals surface area (Å²) < 4.78 is 0. The van der Waals surface area contributed by atoms with E-state index in [9.17, 15) is 9.59 Å². The second kappa shape index (κ2) is 12.3. The van der Waals surface area contributed by atoms with Gasteiger partial charge in [0, 0.05) is 24.3 Å². The molecule has 0 aliphatic carbocycles. The maximum Gasteiger partial charge on any atom is 0.287 e. The van der Waals surface area contributed by atoms with Gasteiger partial charge in [-0.1, -0.05) is 66.7 Å². The molecular formula is C31H30N4O2. The highest BCUT2D eigenvalue weighted by molar-refractivity contribution is 6.05. The Bertz CT molecular complexity index is 1420. The van der Waals surface area contributed by atoms with Crippen molar-refractivity contribution in [2.45, 2.75) is 13.8 Å². The fourth-order valence-electron chi connectivity index (χ4n) is 3.99. The third-order valence-electron chi connectivity index (χ3n) is 6.01. The van der Waals surface area contributed by atoms with E-state index in [2.05, 4.69) is 34.6 Å². The zero-order valence-corrected chi connectivity index (χ0v) is 21.0. The highest BCUT2D eigenvalue weighted by Gasteiger charge is 2.14. The minimum absolute atomic E-state index is 0.0973. The maximum atomic E-state index is 13.1. The van der Waals surface area contributed by atoms with Crippen LogP contribution >= 0.6 is 0 Å². The van der Waals surface area contributed by atoms with Crippen LogP contribution in [0.15, 0.2) is 108 Å². The summed E-state index contributed by atoms with van der Waals surface area (Å²) in [7, 11) is 0. The molecule has 0 aromatic heterocycles. The molecule has 0 radical (unpaired) electrons. The average molecular weight is 491 g/mol. The number of hydrogen-bond acceptors (Lipinski definition) is 4. The predicted molar refractivity (Wildman–Crippen MR) is 152 cm³/mol. The molecule has 4 aromatic rings. The Morgan fingerprint density at radius 2 is 1.43 bits per heavy atom. The van der Waals surface area contributed by atoms with E-state index < -0.39 is 5.91 Å². The lowest BCUT2D eigenvalue weighted by Crippen LogP contribution is -2.32. The smallest absolute Gasteiger partial charge is 0.287 e. The van der Waals surface area contributed by atoms with Crippen molar-refractivity contribution >= 4 is 40.6 Å². The van der Waals surface area contributed by atoms with E-state index in [1.807, 2.05) is 72.8 Å². The molecule has 0 aliphatic heterocycles. The SMILES string of the molecule is CCN(CC)c1ccc(C=C(NC(=O)c2ccccc2)C(=O)NN=Cc2ccc3ccccc3c2)cc1. The first-order chi connectivity index (χ1) is 18.1. The van der Waals surface area contributed by atoms with Crippen LogP contribution in [0.3, 0.4) is 0 Å². The monoisotopic (exact) mass is 490 g/mol. The molecule has 2 amide bonds. The molecule has 0 saturated carbocycles. The molecule has 0 fully saturated rings. The number of benzene rings is 4. The lowest BCUT2D eigenvalue weighted by atomic mass is 10.1. The average Bonchev–Trinajstić information content (AvgIpc) is 2.94. The molecule has 6 heteroatoms. The number of carbonyl (C=O) groups is 2. The van der Waals surface area contributed by atoms with Crippen LogP contribution in [-0.4, -0.2) is 31.1 Å². The minimum atomic E-state index is -0.519. The Morgan fingerprint density at radius 1 is 0.784 bits per heavy atom. The predicted octanol–water partition coefficient (Wildman–Crippen LogP) is 5.61. The molecule has 0 bridgehead atoms. The van der Waals surface area contributed by atoms with Crippen molar-refractivity contribution in [3.8, 4) is 0 Å². The summed E-state index contributed by atoms with van der Waals surface area (Å²) >= 11 is 0. The quantitative estimate of drug-likeness (QED) is 0.182. The zero-order chi connectivity index (χ0) is 26.0. The Kier molecular flexibility index (Phi) is 8.45. The van der Waals surface area contributed by atoms with Crippen molar-refractivity contribution in [1.29, 1.82) is 0 Å². The van der Waals surface area contributed by atoms with Crippen molar-refractivity contribution in [2.75, 3.05) is 18.0 Å². The topological polar surface area (TPSA) is 73.8 Å². The summed E-state index contributed by atoms with van der Waals surface area (Å²) in [6.07, 6.45) is 3.23. The van der Waals surface area contributed by atoms with Gasteiger partial charge >= 0.3 is 0 Å². The molecule has 6 nitrogen and oxygen atoms in total. The Balaban J connectivity index is 1.54. The van der Waals surface area contributed by atoms with Crippen LogP contribution in [0.4, 0.5) is 5.69 Å². The Morgan fingerprint density at radius 3 is 2.14 bits per heavy atom. The molecule has 0 heterocycles. The van der Waals surface area contributed by atoms with Gasteiger partial charge in [0.25, 0.3) is 11.8 Å². The van der Waals surface area contributed by atoms with Gasteiger partial charge in [0.2, 0.25) is 0 Å². The van der Waals surface area contributed by atoms with E-state index >= 15 is 0 Å². The number of nitrogens with one attached hydrogen (secondary N) is 2. The summed E-state index contributed by atoms with van der Waals surface area (Å²) in [5.41, 5.74) is 5.83. The van der Waals surface area contributed by atoms with Crippen LogP contribution in [0.5, 0.6) is 0 Å². The van der Waals surface area contributed by atoms with Gasteiger partial charge in [0.05, 0.1) is 6.21 Å². The number of amides is 2. The first-order valence-corrected chi connectivity index (χ1v) is 12.3. The van der Waals surface area contributed by atoms with Crippen LogP contribution in [0.2, 0.25) is 0 Å². The van der Waals surface area contributed by atoms with E-state index in [0.29, 0.717) is 5.56 Å². The Hall–Kier alpha value is -4.71. The van der Waals surface area contributed by atoms with Gasteiger partial charge in [-0.3, -0.25) is 9.59 Å². The van der Waals surface area contributed by atoms with Gasteiger partial charge in [-0.15, -0.1) is 0 Å². The third-order valence-corrected chi connectivity index (χ3v) is 6.01. The van der Waals surface area contributed by atoms with E-state index in [1.165, 1.54) is 0 Å². The number of carbonyl (C=O) groups excluding carboxylic acids is 2. The lowest BCUT2D eigenvalue weighted by Gasteiger charge is -2.20. The van der Waals surface area contributed by atoms with Crippen LogP contribution in [0.25, 0.3) is 16.8 Å². The number of anilines is 1. The molecule has 0 spiro atoms. The van der Waals surface area contributed by atoms with Crippen molar-refractivity contribution in [1.82, 2.24) is 10.7 Å². The summed E-state index contributed by atoms with van der Waals surface area (Å²) in [5, 5.41) is 9.08. The van der Waals surface area contributed by atoms with Gasteiger partial charge in [-0.05, 0) is 72.2 Å². The normalized spacial score (nSPS) is 11.5. The summed E-state index contributed by atoms with van der Waals surface area (Å²) in [6.45, 7) is 6.03. The molecule has 2 N–H and O–H groups in total. The van der Waals surface area contributed by atoms with Gasteiger partial charge in [0.1, 0.15) is 5.70 Å².